The third-order valence-corrected chi connectivity index (χ3v) is 3.44. The summed E-state index contributed by atoms with van der Waals surface area (Å²) in [6, 6.07) is 0.367. The SMILES string of the molecule is CCC(C)(CC)NC(C)C(=O)NC1CC1. The molecule has 2 N–H and O–H groups in total. The molecular formula is C12H24N2O. The van der Waals surface area contributed by atoms with Crippen molar-refractivity contribution in [3.05, 3.63) is 0 Å². The molecule has 0 aromatic rings. The zero-order chi connectivity index (χ0) is 11.5. The Morgan fingerprint density at radius 1 is 1.40 bits per heavy atom. The molecule has 0 radical (unpaired) electrons. The van der Waals surface area contributed by atoms with E-state index in [0.29, 0.717) is 6.04 Å². The van der Waals surface area contributed by atoms with Gasteiger partial charge >= 0.3 is 0 Å². The molecule has 1 rings (SSSR count). The molecule has 0 aliphatic heterocycles. The molecule has 3 heteroatoms. The first-order valence-corrected chi connectivity index (χ1v) is 6.09. The normalized spacial score (nSPS) is 18.7. The van der Waals surface area contributed by atoms with E-state index in [4.69, 9.17) is 0 Å². The molecule has 15 heavy (non-hydrogen) atoms. The molecule has 1 unspecified atom stereocenters. The van der Waals surface area contributed by atoms with Crippen molar-refractivity contribution in [1.29, 1.82) is 0 Å². The molecule has 1 aliphatic rings. The van der Waals surface area contributed by atoms with E-state index in [-0.39, 0.29) is 17.5 Å². The summed E-state index contributed by atoms with van der Waals surface area (Å²) in [5.41, 5.74) is 0.0836. The van der Waals surface area contributed by atoms with Crippen LogP contribution in [0.5, 0.6) is 0 Å². The summed E-state index contributed by atoms with van der Waals surface area (Å²) in [5.74, 6) is 0.144. The Kier molecular flexibility index (Phi) is 4.14. The van der Waals surface area contributed by atoms with Crippen molar-refractivity contribution in [2.75, 3.05) is 0 Å². The van der Waals surface area contributed by atoms with Gasteiger partial charge in [0.05, 0.1) is 6.04 Å². The summed E-state index contributed by atoms with van der Waals surface area (Å²) >= 11 is 0. The van der Waals surface area contributed by atoms with Crippen molar-refractivity contribution in [1.82, 2.24) is 10.6 Å². The van der Waals surface area contributed by atoms with Crippen LogP contribution in [-0.2, 0) is 4.79 Å². The Morgan fingerprint density at radius 3 is 2.33 bits per heavy atom. The Hall–Kier alpha value is -0.570. The summed E-state index contributed by atoms with van der Waals surface area (Å²) in [6.07, 6.45) is 4.39. The van der Waals surface area contributed by atoms with E-state index in [2.05, 4.69) is 31.4 Å². The maximum Gasteiger partial charge on any atom is 0.237 e. The third kappa shape index (κ3) is 3.82. The summed E-state index contributed by atoms with van der Waals surface area (Å²) in [6.45, 7) is 8.43. The first-order chi connectivity index (χ1) is 7.00. The van der Waals surface area contributed by atoms with Crippen molar-refractivity contribution in [2.45, 2.75) is 71.0 Å². The van der Waals surface area contributed by atoms with Crippen LogP contribution in [0.15, 0.2) is 0 Å². The summed E-state index contributed by atoms with van der Waals surface area (Å²) in [5, 5.41) is 6.44. The minimum absolute atomic E-state index is 0.0836. The smallest absolute Gasteiger partial charge is 0.237 e. The van der Waals surface area contributed by atoms with Gasteiger partial charge in [-0.3, -0.25) is 4.79 Å². The van der Waals surface area contributed by atoms with Crippen LogP contribution in [0.3, 0.4) is 0 Å². The second kappa shape index (κ2) is 4.97. The fraction of sp³-hybridized carbons (Fsp3) is 0.917. The maximum absolute atomic E-state index is 11.7. The molecule has 3 nitrogen and oxygen atoms in total. The van der Waals surface area contributed by atoms with E-state index >= 15 is 0 Å². The van der Waals surface area contributed by atoms with Gasteiger partial charge in [0.1, 0.15) is 0 Å². The van der Waals surface area contributed by atoms with Crippen molar-refractivity contribution in [3.63, 3.8) is 0 Å². The van der Waals surface area contributed by atoms with Crippen molar-refractivity contribution < 1.29 is 4.79 Å². The molecule has 0 saturated heterocycles. The maximum atomic E-state index is 11.7. The minimum Gasteiger partial charge on any atom is -0.352 e. The van der Waals surface area contributed by atoms with E-state index in [1.54, 1.807) is 0 Å². The van der Waals surface area contributed by atoms with Gasteiger partial charge in [-0.2, -0.15) is 0 Å². The van der Waals surface area contributed by atoms with Crippen LogP contribution in [-0.4, -0.2) is 23.5 Å². The van der Waals surface area contributed by atoms with Gasteiger partial charge < -0.3 is 10.6 Å². The van der Waals surface area contributed by atoms with Crippen molar-refractivity contribution in [3.8, 4) is 0 Å². The van der Waals surface area contributed by atoms with Crippen LogP contribution < -0.4 is 10.6 Å². The molecule has 0 spiro atoms. The molecule has 0 bridgehead atoms. The second-order valence-electron chi connectivity index (χ2n) is 4.92. The Labute approximate surface area is 93.0 Å². The molecule has 1 amide bonds. The Balaban J connectivity index is 2.37. The van der Waals surface area contributed by atoms with Crippen LogP contribution >= 0.6 is 0 Å². The third-order valence-electron chi connectivity index (χ3n) is 3.44. The van der Waals surface area contributed by atoms with Gasteiger partial charge in [0.15, 0.2) is 0 Å². The van der Waals surface area contributed by atoms with Gasteiger partial charge in [0, 0.05) is 11.6 Å². The average Bonchev–Trinajstić information content (AvgIpc) is 3.01. The quantitative estimate of drug-likeness (QED) is 0.705. The largest absolute Gasteiger partial charge is 0.352 e. The summed E-state index contributed by atoms with van der Waals surface area (Å²) < 4.78 is 0. The molecule has 1 aliphatic carbocycles. The Bertz CT molecular complexity index is 220. The number of rotatable bonds is 6. The fourth-order valence-corrected chi connectivity index (χ4v) is 1.60. The van der Waals surface area contributed by atoms with Gasteiger partial charge in [0.2, 0.25) is 5.91 Å². The zero-order valence-corrected chi connectivity index (χ0v) is 10.4. The first kappa shape index (κ1) is 12.5. The molecule has 0 heterocycles. The van der Waals surface area contributed by atoms with Crippen LogP contribution in [0.1, 0.15) is 53.4 Å². The van der Waals surface area contributed by atoms with Crippen LogP contribution in [0.25, 0.3) is 0 Å². The fourth-order valence-electron chi connectivity index (χ4n) is 1.60. The highest BCUT2D eigenvalue weighted by molar-refractivity contribution is 5.81. The lowest BCUT2D eigenvalue weighted by molar-refractivity contribution is -0.123. The molecule has 0 aromatic heterocycles. The van der Waals surface area contributed by atoms with Crippen LogP contribution in [0.2, 0.25) is 0 Å². The lowest BCUT2D eigenvalue weighted by Gasteiger charge is -2.31. The lowest BCUT2D eigenvalue weighted by atomic mass is 9.94. The van der Waals surface area contributed by atoms with Crippen molar-refractivity contribution in [2.24, 2.45) is 0 Å². The number of nitrogens with one attached hydrogen (secondary N) is 2. The first-order valence-electron chi connectivity index (χ1n) is 6.09. The summed E-state index contributed by atoms with van der Waals surface area (Å²) in [4.78, 5) is 11.7. The van der Waals surface area contributed by atoms with Gasteiger partial charge in [0.25, 0.3) is 0 Å². The highest BCUT2D eigenvalue weighted by Crippen LogP contribution is 2.19. The molecule has 1 atom stereocenters. The van der Waals surface area contributed by atoms with Gasteiger partial charge in [-0.15, -0.1) is 0 Å². The minimum atomic E-state index is -0.0875. The lowest BCUT2D eigenvalue weighted by Crippen LogP contribution is -2.52. The number of hydrogen-bond acceptors (Lipinski definition) is 2. The van der Waals surface area contributed by atoms with E-state index in [0.717, 1.165) is 25.7 Å². The summed E-state index contributed by atoms with van der Waals surface area (Å²) in [7, 11) is 0. The second-order valence-corrected chi connectivity index (χ2v) is 4.92. The highest BCUT2D eigenvalue weighted by atomic mass is 16.2. The number of amides is 1. The van der Waals surface area contributed by atoms with Gasteiger partial charge in [-0.25, -0.2) is 0 Å². The topological polar surface area (TPSA) is 41.1 Å². The predicted octanol–water partition coefficient (Wildman–Crippen LogP) is 1.82. The number of hydrogen-bond donors (Lipinski definition) is 2. The van der Waals surface area contributed by atoms with Crippen LogP contribution in [0, 0.1) is 0 Å². The van der Waals surface area contributed by atoms with Crippen LogP contribution in [0.4, 0.5) is 0 Å². The molecule has 88 valence electrons. The van der Waals surface area contributed by atoms with E-state index in [1.165, 1.54) is 0 Å². The molecular weight excluding hydrogens is 188 g/mol. The predicted molar refractivity (Wildman–Crippen MR) is 62.7 cm³/mol. The van der Waals surface area contributed by atoms with E-state index < -0.39 is 0 Å². The number of carbonyl (C=O) groups is 1. The van der Waals surface area contributed by atoms with Gasteiger partial charge in [-0.1, -0.05) is 13.8 Å². The Morgan fingerprint density at radius 2 is 1.93 bits per heavy atom. The van der Waals surface area contributed by atoms with Crippen molar-refractivity contribution >= 4 is 5.91 Å². The zero-order valence-electron chi connectivity index (χ0n) is 10.4. The molecule has 1 saturated carbocycles. The molecule has 1 fully saturated rings. The van der Waals surface area contributed by atoms with Gasteiger partial charge in [-0.05, 0) is 39.5 Å². The molecule has 0 aromatic carbocycles. The van der Waals surface area contributed by atoms with E-state index in [1.807, 2.05) is 6.92 Å². The highest BCUT2D eigenvalue weighted by Gasteiger charge is 2.28. The monoisotopic (exact) mass is 212 g/mol. The standard InChI is InChI=1S/C12H24N2O/c1-5-12(4,6-2)14-9(3)11(15)13-10-7-8-10/h9-10,14H,5-8H2,1-4H3,(H,13,15). The van der Waals surface area contributed by atoms with E-state index in [9.17, 15) is 4.79 Å². The number of carbonyl (C=O) groups excluding carboxylic acids is 1. The average molecular weight is 212 g/mol.